The van der Waals surface area contributed by atoms with E-state index in [0.29, 0.717) is 0 Å². The zero-order valence-electron chi connectivity index (χ0n) is 13.5. The van der Waals surface area contributed by atoms with E-state index in [9.17, 15) is 9.18 Å². The molecule has 4 rings (SSSR count). The van der Waals surface area contributed by atoms with Crippen molar-refractivity contribution >= 4 is 5.91 Å². The van der Waals surface area contributed by atoms with Crippen LogP contribution in [0.25, 0.3) is 0 Å². The highest BCUT2D eigenvalue weighted by molar-refractivity contribution is 5.83. The van der Waals surface area contributed by atoms with Crippen molar-refractivity contribution in [2.24, 2.45) is 5.92 Å². The second-order valence-corrected chi connectivity index (χ2v) is 6.68. The lowest BCUT2D eigenvalue weighted by Gasteiger charge is -2.34. The van der Waals surface area contributed by atoms with Crippen LogP contribution in [-0.4, -0.2) is 41.9 Å². The first-order valence-electron chi connectivity index (χ1n) is 8.50. The zero-order valence-corrected chi connectivity index (χ0v) is 13.5. The molecule has 0 radical (unpaired) electrons. The maximum absolute atomic E-state index is 13.0. The summed E-state index contributed by atoms with van der Waals surface area (Å²) in [5.41, 5.74) is 1.08. The number of carbonyl (C=O) groups is 1. The lowest BCUT2D eigenvalue weighted by Crippen LogP contribution is -2.48. The van der Waals surface area contributed by atoms with Gasteiger partial charge in [-0.15, -0.1) is 0 Å². The molecule has 1 aliphatic carbocycles. The molecule has 2 fully saturated rings. The molecule has 0 bridgehead atoms. The molecule has 0 spiro atoms. The van der Waals surface area contributed by atoms with Gasteiger partial charge in [-0.3, -0.25) is 9.69 Å². The fraction of sp³-hybridized carbons (Fsp3) is 0.421. The Morgan fingerprint density at radius 2 is 1.88 bits per heavy atom. The molecule has 5 heteroatoms. The molecule has 24 heavy (non-hydrogen) atoms. The van der Waals surface area contributed by atoms with Crippen LogP contribution in [0.4, 0.5) is 4.39 Å². The van der Waals surface area contributed by atoms with Crippen LogP contribution in [0, 0.1) is 11.7 Å². The molecule has 1 aromatic heterocycles. The monoisotopic (exact) mass is 328 g/mol. The molecule has 2 aromatic rings. The standard InChI is InChI=1S/C19H21FN2O2/c20-15-5-3-14(4-6-15)17-12-18(17)19(23)22-9-7-21(8-10-22)13-16-2-1-11-24-16/h1-6,11,17-18H,7-10,12-13H2/t17-,18-/m1/s1. The largest absolute Gasteiger partial charge is 0.468 e. The summed E-state index contributed by atoms with van der Waals surface area (Å²) in [7, 11) is 0. The summed E-state index contributed by atoms with van der Waals surface area (Å²) in [5, 5.41) is 0. The Balaban J connectivity index is 1.28. The van der Waals surface area contributed by atoms with Gasteiger partial charge in [-0.05, 0) is 42.2 Å². The Morgan fingerprint density at radius 3 is 2.54 bits per heavy atom. The Bertz CT molecular complexity index is 691. The van der Waals surface area contributed by atoms with E-state index in [1.54, 1.807) is 18.4 Å². The van der Waals surface area contributed by atoms with Crippen molar-refractivity contribution in [3.05, 3.63) is 59.8 Å². The minimum absolute atomic E-state index is 0.0760. The maximum Gasteiger partial charge on any atom is 0.226 e. The van der Waals surface area contributed by atoms with Gasteiger partial charge in [0.1, 0.15) is 11.6 Å². The summed E-state index contributed by atoms with van der Waals surface area (Å²) in [6.45, 7) is 4.09. The number of nitrogens with zero attached hydrogens (tertiary/aromatic N) is 2. The Kier molecular flexibility index (Phi) is 4.10. The average Bonchev–Trinajstić information content (AvgIpc) is 3.24. The molecule has 2 atom stereocenters. The van der Waals surface area contributed by atoms with Crippen LogP contribution < -0.4 is 0 Å². The molecule has 1 aromatic carbocycles. The molecule has 0 unspecified atom stereocenters. The zero-order chi connectivity index (χ0) is 16.5. The third-order valence-electron chi connectivity index (χ3n) is 5.05. The van der Waals surface area contributed by atoms with Gasteiger partial charge in [0.2, 0.25) is 5.91 Å². The third-order valence-corrected chi connectivity index (χ3v) is 5.05. The van der Waals surface area contributed by atoms with Crippen molar-refractivity contribution in [1.82, 2.24) is 9.80 Å². The molecule has 1 amide bonds. The highest BCUT2D eigenvalue weighted by atomic mass is 19.1. The SMILES string of the molecule is O=C([C@@H]1C[C@@H]1c1ccc(F)cc1)N1CCN(Cc2ccco2)CC1. The van der Waals surface area contributed by atoms with E-state index in [1.807, 2.05) is 17.0 Å². The quantitative estimate of drug-likeness (QED) is 0.866. The first-order chi connectivity index (χ1) is 11.7. The number of carbonyl (C=O) groups excluding carboxylic acids is 1. The number of benzene rings is 1. The fourth-order valence-electron chi connectivity index (χ4n) is 3.53. The Labute approximate surface area is 140 Å². The molecule has 1 saturated heterocycles. The van der Waals surface area contributed by atoms with Gasteiger partial charge < -0.3 is 9.32 Å². The van der Waals surface area contributed by atoms with Crippen LogP contribution in [0.15, 0.2) is 47.1 Å². The number of halogens is 1. The smallest absolute Gasteiger partial charge is 0.226 e. The van der Waals surface area contributed by atoms with E-state index in [0.717, 1.165) is 50.5 Å². The second kappa shape index (κ2) is 6.40. The maximum atomic E-state index is 13.0. The lowest BCUT2D eigenvalue weighted by atomic mass is 10.1. The first kappa shape index (κ1) is 15.4. The number of amides is 1. The highest BCUT2D eigenvalue weighted by Crippen LogP contribution is 2.48. The molecule has 1 aliphatic heterocycles. The van der Waals surface area contributed by atoms with Crippen molar-refractivity contribution < 1.29 is 13.6 Å². The van der Waals surface area contributed by atoms with E-state index in [2.05, 4.69) is 4.90 Å². The Hall–Kier alpha value is -2.14. The van der Waals surface area contributed by atoms with Crippen molar-refractivity contribution in [3.63, 3.8) is 0 Å². The second-order valence-electron chi connectivity index (χ2n) is 6.68. The van der Waals surface area contributed by atoms with Gasteiger partial charge in [0.15, 0.2) is 0 Å². The molecule has 2 heterocycles. The summed E-state index contributed by atoms with van der Waals surface area (Å²) in [5.74, 6) is 1.33. The molecule has 4 nitrogen and oxygen atoms in total. The summed E-state index contributed by atoms with van der Waals surface area (Å²) < 4.78 is 18.4. The van der Waals surface area contributed by atoms with Gasteiger partial charge in [0.05, 0.1) is 12.8 Å². The predicted molar refractivity (Wildman–Crippen MR) is 87.8 cm³/mol. The van der Waals surface area contributed by atoms with Gasteiger partial charge >= 0.3 is 0 Å². The summed E-state index contributed by atoms with van der Waals surface area (Å²) in [6, 6.07) is 10.4. The van der Waals surface area contributed by atoms with Gasteiger partial charge in [-0.2, -0.15) is 0 Å². The van der Waals surface area contributed by atoms with Gasteiger partial charge in [-0.1, -0.05) is 12.1 Å². The van der Waals surface area contributed by atoms with Crippen LogP contribution in [0.2, 0.25) is 0 Å². The fourth-order valence-corrected chi connectivity index (χ4v) is 3.53. The van der Waals surface area contributed by atoms with E-state index < -0.39 is 0 Å². The minimum atomic E-state index is -0.227. The molecule has 126 valence electrons. The van der Waals surface area contributed by atoms with Gasteiger partial charge in [-0.25, -0.2) is 4.39 Å². The summed E-state index contributed by atoms with van der Waals surface area (Å²) in [4.78, 5) is 16.9. The van der Waals surface area contributed by atoms with Crippen LogP contribution in [0.1, 0.15) is 23.7 Å². The minimum Gasteiger partial charge on any atom is -0.468 e. The third kappa shape index (κ3) is 3.22. The number of furan rings is 1. The number of rotatable bonds is 4. The normalized spacial score (nSPS) is 24.1. The van der Waals surface area contributed by atoms with Crippen LogP contribution in [-0.2, 0) is 11.3 Å². The predicted octanol–water partition coefficient (Wildman–Crippen LogP) is 2.87. The van der Waals surface area contributed by atoms with Crippen LogP contribution >= 0.6 is 0 Å². The van der Waals surface area contributed by atoms with E-state index in [4.69, 9.17) is 4.42 Å². The van der Waals surface area contributed by atoms with E-state index in [1.165, 1.54) is 12.1 Å². The molecule has 1 saturated carbocycles. The highest BCUT2D eigenvalue weighted by Gasteiger charge is 2.46. The van der Waals surface area contributed by atoms with Crippen LogP contribution in [0.5, 0.6) is 0 Å². The Morgan fingerprint density at radius 1 is 1.12 bits per heavy atom. The molecular weight excluding hydrogens is 307 g/mol. The van der Waals surface area contributed by atoms with Crippen molar-refractivity contribution in [2.75, 3.05) is 26.2 Å². The summed E-state index contributed by atoms with van der Waals surface area (Å²) in [6.07, 6.45) is 2.58. The lowest BCUT2D eigenvalue weighted by molar-refractivity contribution is -0.134. The molecule has 0 N–H and O–H groups in total. The van der Waals surface area contributed by atoms with Gasteiger partial charge in [0.25, 0.3) is 0 Å². The van der Waals surface area contributed by atoms with Crippen molar-refractivity contribution in [2.45, 2.75) is 18.9 Å². The first-order valence-corrected chi connectivity index (χ1v) is 8.50. The topological polar surface area (TPSA) is 36.7 Å². The van der Waals surface area contributed by atoms with Crippen molar-refractivity contribution in [3.8, 4) is 0 Å². The molecular formula is C19H21FN2O2. The number of hydrogen-bond acceptors (Lipinski definition) is 3. The van der Waals surface area contributed by atoms with Crippen molar-refractivity contribution in [1.29, 1.82) is 0 Å². The average molecular weight is 328 g/mol. The van der Waals surface area contributed by atoms with Gasteiger partial charge in [0, 0.05) is 32.1 Å². The van der Waals surface area contributed by atoms with Crippen LogP contribution in [0.3, 0.4) is 0 Å². The van der Waals surface area contributed by atoms with E-state index in [-0.39, 0.29) is 23.6 Å². The molecule has 2 aliphatic rings. The number of hydrogen-bond donors (Lipinski definition) is 0. The summed E-state index contributed by atoms with van der Waals surface area (Å²) >= 11 is 0. The van der Waals surface area contributed by atoms with E-state index >= 15 is 0 Å². The number of piperazine rings is 1.